The molecule has 1 aliphatic carbocycles. The topological polar surface area (TPSA) is 0 Å². The Hall–Kier alpha value is -1.03. The van der Waals surface area contributed by atoms with Crippen LogP contribution in [0, 0.1) is 0 Å². The predicted octanol–water partition coefficient (Wildman–Crippen LogP) is 5.51. The number of hydrogen-bond donors (Lipinski definition) is 0. The van der Waals surface area contributed by atoms with Gasteiger partial charge in [-0.25, -0.2) is 0 Å². The molecule has 0 amide bonds. The average molecular weight is 271 g/mol. The maximum Gasteiger partial charge on any atom is 0.600 e. The average Bonchev–Trinajstić information content (AvgIpc) is 3.06. The zero-order valence-corrected chi connectivity index (χ0v) is 10.9. The number of thiophene rings is 1. The van der Waals surface area contributed by atoms with Gasteiger partial charge in [-0.2, -0.15) is 0 Å². The minimum absolute atomic E-state index is 0.173. The monoisotopic (exact) mass is 271 g/mol. The van der Waals surface area contributed by atoms with Crippen LogP contribution in [0.2, 0.25) is 0 Å². The van der Waals surface area contributed by atoms with Crippen molar-refractivity contribution in [2.75, 3.05) is 0 Å². The van der Waals surface area contributed by atoms with E-state index in [1.54, 1.807) is 12.1 Å². The summed E-state index contributed by atoms with van der Waals surface area (Å²) in [7, 11) is -1.68. The van der Waals surface area contributed by atoms with Crippen molar-refractivity contribution >= 4 is 20.6 Å². The highest BCUT2D eigenvalue weighted by Crippen LogP contribution is 2.58. The van der Waals surface area contributed by atoms with Crippen molar-refractivity contribution in [3.05, 3.63) is 34.7 Å². The Balaban J connectivity index is 2.33. The molecule has 0 N–H and O–H groups in total. The van der Waals surface area contributed by atoms with Crippen molar-refractivity contribution in [3.8, 4) is 0 Å². The van der Waals surface area contributed by atoms with Crippen molar-refractivity contribution in [1.82, 2.24) is 0 Å². The fraction of sp³-hybridized carbons (Fsp3) is 0.429. The van der Waals surface area contributed by atoms with Crippen LogP contribution in [0.25, 0.3) is 10.1 Å². The molecule has 0 nitrogen and oxygen atoms in total. The molecule has 1 aromatic heterocycles. The highest BCUT2D eigenvalue weighted by molar-refractivity contribution is 7.38. The maximum absolute atomic E-state index is 13.3. The van der Waals surface area contributed by atoms with Crippen molar-refractivity contribution in [2.45, 2.75) is 37.6 Å². The second-order valence-corrected chi connectivity index (χ2v) is 6.74. The second-order valence-electron chi connectivity index (χ2n) is 4.76. The molecule has 1 unspecified atom stereocenters. The molecule has 1 saturated carbocycles. The van der Waals surface area contributed by atoms with Gasteiger partial charge >= 0.3 is 5.51 Å². The molecule has 96 valence electrons. The number of alkyl halides is 3. The fourth-order valence-electron chi connectivity index (χ4n) is 2.48. The predicted molar refractivity (Wildman–Crippen MR) is 69.1 cm³/mol. The molecular weight excluding hydrogens is 257 g/mol. The first-order valence-electron chi connectivity index (χ1n) is 6.17. The molecule has 18 heavy (non-hydrogen) atoms. The zero-order chi connectivity index (χ0) is 12.9. The molecule has 1 aromatic carbocycles. The lowest BCUT2D eigenvalue weighted by molar-refractivity contribution is -0.0867. The van der Waals surface area contributed by atoms with E-state index in [9.17, 15) is 13.2 Å². The largest absolute Gasteiger partial charge is 0.600 e. The van der Waals surface area contributed by atoms with Gasteiger partial charge in [0.2, 0.25) is 0 Å². The molecular formula is C14H14F3S+. The normalized spacial score (nSPS) is 17.4. The Bertz CT molecular complexity index is 591. The fourth-order valence-corrected chi connectivity index (χ4v) is 4.68. The molecule has 1 atom stereocenters. The zero-order valence-electron chi connectivity index (χ0n) is 10.1. The van der Waals surface area contributed by atoms with Crippen LogP contribution in [0.15, 0.2) is 24.3 Å². The molecule has 4 heteroatoms. The minimum atomic E-state index is -4.13. The minimum Gasteiger partial charge on any atom is -0.118 e. The van der Waals surface area contributed by atoms with Gasteiger partial charge in [-0.05, 0) is 30.9 Å². The summed E-state index contributed by atoms with van der Waals surface area (Å²) in [5, 5.41) is 0.836. The van der Waals surface area contributed by atoms with E-state index in [0.29, 0.717) is 9.58 Å². The Labute approximate surface area is 106 Å². The van der Waals surface area contributed by atoms with Crippen LogP contribution in [-0.4, -0.2) is 0 Å². The van der Waals surface area contributed by atoms with Gasteiger partial charge in [-0.1, -0.05) is 19.1 Å². The van der Waals surface area contributed by atoms with Crippen molar-refractivity contribution in [2.24, 2.45) is 0 Å². The van der Waals surface area contributed by atoms with Crippen molar-refractivity contribution < 1.29 is 13.2 Å². The van der Waals surface area contributed by atoms with Crippen LogP contribution < -0.4 is 0 Å². The van der Waals surface area contributed by atoms with E-state index in [-0.39, 0.29) is 5.92 Å². The number of rotatable bonds is 2. The lowest BCUT2D eigenvalue weighted by atomic mass is 10.1. The summed E-state index contributed by atoms with van der Waals surface area (Å²) in [5.41, 5.74) is -3.10. The Kier molecular flexibility index (Phi) is 2.66. The third-order valence-corrected chi connectivity index (χ3v) is 5.67. The molecule has 2 aromatic rings. The standard InChI is InChI=1S/C14H14F3S/c1-2-9-4-3-5-12-11(9)8-13(10-6-7-10)18(12)14(15,16)17/h3-5,8,10H,2,6-7H2,1H3/q+1. The summed E-state index contributed by atoms with van der Waals surface area (Å²) in [4.78, 5) is 0.624. The van der Waals surface area contributed by atoms with Gasteiger partial charge in [-0.15, -0.1) is 13.2 Å². The van der Waals surface area contributed by atoms with E-state index in [0.717, 1.165) is 30.2 Å². The molecule has 0 spiro atoms. The molecule has 1 fully saturated rings. The number of halogens is 3. The molecule has 1 heterocycles. The Morgan fingerprint density at radius 2 is 2.00 bits per heavy atom. The summed E-state index contributed by atoms with van der Waals surface area (Å²) in [6, 6.07) is 7.16. The number of fused-ring (bicyclic) bond motifs is 1. The van der Waals surface area contributed by atoms with Gasteiger partial charge in [0.1, 0.15) is 0 Å². The number of aryl methyl sites for hydroxylation is 1. The van der Waals surface area contributed by atoms with Crippen LogP contribution in [-0.2, 0) is 11.9 Å². The quantitative estimate of drug-likeness (QED) is 0.632. The van der Waals surface area contributed by atoms with E-state index in [1.807, 2.05) is 19.1 Å². The van der Waals surface area contributed by atoms with Crippen LogP contribution >= 0.6 is 10.5 Å². The summed E-state index contributed by atoms with van der Waals surface area (Å²) in [6.07, 6.45) is 2.62. The highest BCUT2D eigenvalue weighted by atomic mass is 32.2. The van der Waals surface area contributed by atoms with Gasteiger partial charge in [0, 0.05) is 17.4 Å². The maximum atomic E-state index is 13.3. The lowest BCUT2D eigenvalue weighted by Crippen LogP contribution is -1.97. The molecule has 3 rings (SSSR count). The van der Waals surface area contributed by atoms with E-state index in [1.165, 1.54) is 0 Å². The lowest BCUT2D eigenvalue weighted by Gasteiger charge is -1.99. The van der Waals surface area contributed by atoms with Crippen LogP contribution in [0.4, 0.5) is 13.2 Å². The van der Waals surface area contributed by atoms with E-state index in [2.05, 4.69) is 0 Å². The Morgan fingerprint density at radius 1 is 1.28 bits per heavy atom. The molecule has 0 saturated heterocycles. The van der Waals surface area contributed by atoms with E-state index >= 15 is 0 Å². The van der Waals surface area contributed by atoms with Crippen molar-refractivity contribution in [3.63, 3.8) is 0 Å². The van der Waals surface area contributed by atoms with Crippen LogP contribution in [0.1, 0.15) is 36.1 Å². The second kappa shape index (κ2) is 3.98. The first-order valence-corrected chi connectivity index (χ1v) is 7.39. The van der Waals surface area contributed by atoms with Gasteiger partial charge in [0.15, 0.2) is 9.58 Å². The summed E-state index contributed by atoms with van der Waals surface area (Å²) in [6.45, 7) is 1.99. The highest BCUT2D eigenvalue weighted by Gasteiger charge is 2.51. The number of benzene rings is 1. The smallest absolute Gasteiger partial charge is 0.118 e. The first kappa shape index (κ1) is 12.0. The van der Waals surface area contributed by atoms with Crippen LogP contribution in [0.3, 0.4) is 0 Å². The van der Waals surface area contributed by atoms with Gasteiger partial charge < -0.3 is 0 Å². The third kappa shape index (κ3) is 1.83. The van der Waals surface area contributed by atoms with Gasteiger partial charge in [-0.3, -0.25) is 0 Å². The third-order valence-electron chi connectivity index (χ3n) is 3.49. The van der Waals surface area contributed by atoms with Crippen molar-refractivity contribution in [1.29, 1.82) is 0 Å². The molecule has 0 radical (unpaired) electrons. The van der Waals surface area contributed by atoms with Crippen LogP contribution in [0.5, 0.6) is 0 Å². The number of hydrogen-bond acceptors (Lipinski definition) is 0. The molecule has 1 aliphatic rings. The SMILES string of the molecule is CCc1cccc2c1cc(C1CC1)[s+]2C(F)(F)F. The summed E-state index contributed by atoms with van der Waals surface area (Å²) < 4.78 is 40.3. The van der Waals surface area contributed by atoms with Gasteiger partial charge in [0.05, 0.1) is 10.5 Å². The first-order chi connectivity index (χ1) is 8.52. The summed E-state index contributed by atoms with van der Waals surface area (Å²) >= 11 is 0. The molecule has 0 bridgehead atoms. The summed E-state index contributed by atoms with van der Waals surface area (Å²) in [5.74, 6) is 0.173. The van der Waals surface area contributed by atoms with E-state index < -0.39 is 16.0 Å². The van der Waals surface area contributed by atoms with Gasteiger partial charge in [0.25, 0.3) is 0 Å². The van der Waals surface area contributed by atoms with E-state index in [4.69, 9.17) is 0 Å². The molecule has 0 aliphatic heterocycles. The Morgan fingerprint density at radius 3 is 2.56 bits per heavy atom.